The van der Waals surface area contributed by atoms with Crippen LogP contribution in [-0.4, -0.2) is 49.5 Å². The molecule has 2 aromatic rings. The number of hydrogen-bond acceptors (Lipinski definition) is 7. The molecule has 0 spiro atoms. The topological polar surface area (TPSA) is 131 Å². The molecule has 7 nitrogen and oxygen atoms in total. The van der Waals surface area contributed by atoms with E-state index >= 15 is 0 Å². The summed E-state index contributed by atoms with van der Waals surface area (Å²) in [5.74, 6) is -2.12. The van der Waals surface area contributed by atoms with Crippen LogP contribution < -0.4 is 0 Å². The van der Waals surface area contributed by atoms with Crippen LogP contribution in [0.1, 0.15) is 23.1 Å². The van der Waals surface area contributed by atoms with Crippen LogP contribution in [0.5, 0.6) is 23.0 Å². The zero-order valence-corrected chi connectivity index (χ0v) is 12.4. The number of phenols is 4. The third kappa shape index (κ3) is 1.96. The standard InChI is InChI=1S/C17H16O7/c18-10-1-6-7-2-11(19)13(21)4-9(7)16(23)17-15(14(22)5-24-17)8(6)3-12(10)20/h1-4,14-23H,5H2/t14-,15-,16+,17+/m1/s1. The Labute approximate surface area is 136 Å². The molecule has 1 heterocycles. The first-order valence-electron chi connectivity index (χ1n) is 7.48. The molecule has 0 bridgehead atoms. The molecule has 0 unspecified atom stereocenters. The molecule has 0 saturated carbocycles. The van der Waals surface area contributed by atoms with Crippen molar-refractivity contribution in [2.45, 2.75) is 24.2 Å². The van der Waals surface area contributed by atoms with E-state index in [1.54, 1.807) is 0 Å². The van der Waals surface area contributed by atoms with Crippen molar-refractivity contribution in [3.8, 4) is 34.1 Å². The molecule has 4 atom stereocenters. The average Bonchev–Trinajstić information content (AvgIpc) is 2.89. The molecule has 7 heteroatoms. The Morgan fingerprint density at radius 2 is 1.25 bits per heavy atom. The maximum Gasteiger partial charge on any atom is 0.158 e. The van der Waals surface area contributed by atoms with Crippen molar-refractivity contribution in [1.29, 1.82) is 0 Å². The van der Waals surface area contributed by atoms with Crippen molar-refractivity contribution in [3.05, 3.63) is 35.4 Å². The summed E-state index contributed by atoms with van der Waals surface area (Å²) in [5.41, 5.74) is 1.61. The monoisotopic (exact) mass is 332 g/mol. The van der Waals surface area contributed by atoms with Crippen LogP contribution in [0.25, 0.3) is 11.1 Å². The van der Waals surface area contributed by atoms with Crippen molar-refractivity contribution in [3.63, 3.8) is 0 Å². The largest absolute Gasteiger partial charge is 0.504 e. The van der Waals surface area contributed by atoms with Crippen molar-refractivity contribution in [2.24, 2.45) is 0 Å². The first-order chi connectivity index (χ1) is 11.4. The van der Waals surface area contributed by atoms with E-state index < -0.39 is 30.0 Å². The molecule has 0 aromatic heterocycles. The third-order valence-corrected chi connectivity index (χ3v) is 4.80. The highest BCUT2D eigenvalue weighted by Gasteiger charge is 2.46. The predicted octanol–water partition coefficient (Wildman–Crippen LogP) is 1.07. The second kappa shape index (κ2) is 5.01. The highest BCUT2D eigenvalue weighted by atomic mass is 16.5. The Kier molecular flexibility index (Phi) is 3.14. The number of fused-ring (bicyclic) bond motifs is 5. The first kappa shape index (κ1) is 15.1. The third-order valence-electron chi connectivity index (χ3n) is 4.80. The maximum absolute atomic E-state index is 10.7. The summed E-state index contributed by atoms with van der Waals surface area (Å²) in [6.45, 7) is 0.0207. The van der Waals surface area contributed by atoms with E-state index in [0.717, 1.165) is 0 Å². The zero-order valence-electron chi connectivity index (χ0n) is 12.4. The lowest BCUT2D eigenvalue weighted by atomic mass is 9.86. The second-order valence-electron chi connectivity index (χ2n) is 6.19. The second-order valence-corrected chi connectivity index (χ2v) is 6.19. The van der Waals surface area contributed by atoms with Crippen LogP contribution >= 0.6 is 0 Å². The molecule has 0 amide bonds. The number of aliphatic hydroxyl groups is 2. The molecule has 24 heavy (non-hydrogen) atoms. The summed E-state index contributed by atoms with van der Waals surface area (Å²) in [6, 6.07) is 5.14. The van der Waals surface area contributed by atoms with Gasteiger partial charge < -0.3 is 35.4 Å². The Bertz CT molecular complexity index is 832. The van der Waals surface area contributed by atoms with E-state index in [2.05, 4.69) is 0 Å². The Morgan fingerprint density at radius 1 is 0.750 bits per heavy atom. The van der Waals surface area contributed by atoms with Gasteiger partial charge in [0.25, 0.3) is 0 Å². The lowest BCUT2D eigenvalue weighted by Gasteiger charge is -2.23. The summed E-state index contributed by atoms with van der Waals surface area (Å²) >= 11 is 0. The van der Waals surface area contributed by atoms with Gasteiger partial charge in [0.1, 0.15) is 6.10 Å². The fourth-order valence-electron chi connectivity index (χ4n) is 3.66. The van der Waals surface area contributed by atoms with Crippen molar-refractivity contribution in [1.82, 2.24) is 0 Å². The molecule has 1 saturated heterocycles. The number of rotatable bonds is 0. The summed E-state index contributed by atoms with van der Waals surface area (Å²) in [5, 5.41) is 60.3. The summed E-state index contributed by atoms with van der Waals surface area (Å²) in [4.78, 5) is 0. The van der Waals surface area contributed by atoms with Crippen LogP contribution in [0, 0.1) is 0 Å². The van der Waals surface area contributed by atoms with Gasteiger partial charge in [0.05, 0.1) is 18.8 Å². The lowest BCUT2D eigenvalue weighted by Crippen LogP contribution is -2.26. The predicted molar refractivity (Wildman–Crippen MR) is 82.0 cm³/mol. The van der Waals surface area contributed by atoms with E-state index in [1.165, 1.54) is 24.3 Å². The minimum atomic E-state index is -1.16. The summed E-state index contributed by atoms with van der Waals surface area (Å²) in [6.07, 6.45) is -2.85. The van der Waals surface area contributed by atoms with E-state index in [-0.39, 0.29) is 23.9 Å². The van der Waals surface area contributed by atoms with Gasteiger partial charge in [0, 0.05) is 5.92 Å². The number of ether oxygens (including phenoxy) is 1. The van der Waals surface area contributed by atoms with Crippen molar-refractivity contribution >= 4 is 0 Å². The molecule has 4 rings (SSSR count). The summed E-state index contributed by atoms with van der Waals surface area (Å²) in [7, 11) is 0. The molecule has 126 valence electrons. The quantitative estimate of drug-likeness (QED) is 0.398. The van der Waals surface area contributed by atoms with Gasteiger partial charge in [-0.1, -0.05) is 0 Å². The van der Waals surface area contributed by atoms with Gasteiger partial charge in [-0.05, 0) is 46.5 Å². The molecule has 2 aromatic carbocycles. The first-order valence-corrected chi connectivity index (χ1v) is 7.48. The SMILES string of the molecule is Oc1cc2c(cc1O)[C@H]1[C@H](OC[C@H]1O)[C@@H](O)c1cc(O)c(O)cc1-2. The van der Waals surface area contributed by atoms with Crippen molar-refractivity contribution in [2.75, 3.05) is 6.61 Å². The van der Waals surface area contributed by atoms with E-state index in [0.29, 0.717) is 22.3 Å². The fraction of sp³-hybridized carbons (Fsp3) is 0.294. The smallest absolute Gasteiger partial charge is 0.158 e. The Morgan fingerprint density at radius 3 is 1.88 bits per heavy atom. The van der Waals surface area contributed by atoms with Gasteiger partial charge in [-0.3, -0.25) is 0 Å². The molecule has 2 aliphatic rings. The fourth-order valence-corrected chi connectivity index (χ4v) is 3.66. The van der Waals surface area contributed by atoms with Crippen LogP contribution in [0.2, 0.25) is 0 Å². The van der Waals surface area contributed by atoms with E-state index in [1.807, 2.05) is 0 Å². The molecule has 6 N–H and O–H groups in total. The molecule has 1 fully saturated rings. The number of aromatic hydroxyl groups is 4. The number of hydrogen-bond donors (Lipinski definition) is 6. The molecular formula is C17H16O7. The summed E-state index contributed by atoms with van der Waals surface area (Å²) < 4.78 is 5.53. The van der Waals surface area contributed by atoms with Gasteiger partial charge in [0.2, 0.25) is 0 Å². The molecule has 0 radical (unpaired) electrons. The number of phenolic OH excluding ortho intramolecular Hbond substituents is 4. The van der Waals surface area contributed by atoms with Gasteiger partial charge in [-0.2, -0.15) is 0 Å². The highest BCUT2D eigenvalue weighted by molar-refractivity contribution is 5.78. The number of benzene rings is 2. The van der Waals surface area contributed by atoms with Crippen molar-refractivity contribution < 1.29 is 35.4 Å². The zero-order chi connectivity index (χ0) is 17.2. The van der Waals surface area contributed by atoms with Gasteiger partial charge in [0.15, 0.2) is 23.0 Å². The minimum absolute atomic E-state index is 0.0207. The van der Waals surface area contributed by atoms with Crippen LogP contribution in [0.15, 0.2) is 24.3 Å². The van der Waals surface area contributed by atoms with E-state index in [9.17, 15) is 30.6 Å². The minimum Gasteiger partial charge on any atom is -0.504 e. The van der Waals surface area contributed by atoms with E-state index in [4.69, 9.17) is 4.74 Å². The lowest BCUT2D eigenvalue weighted by molar-refractivity contribution is -0.00903. The van der Waals surface area contributed by atoms with Gasteiger partial charge in [-0.25, -0.2) is 0 Å². The molecule has 1 aliphatic carbocycles. The average molecular weight is 332 g/mol. The van der Waals surface area contributed by atoms with Gasteiger partial charge in [-0.15, -0.1) is 0 Å². The molecular weight excluding hydrogens is 316 g/mol. The molecule has 1 aliphatic heterocycles. The normalized spacial score (nSPS) is 27.9. The number of aliphatic hydroxyl groups excluding tert-OH is 2. The maximum atomic E-state index is 10.7. The van der Waals surface area contributed by atoms with Crippen LogP contribution in [0.4, 0.5) is 0 Å². The van der Waals surface area contributed by atoms with Crippen LogP contribution in [0.3, 0.4) is 0 Å². The van der Waals surface area contributed by atoms with Crippen LogP contribution in [-0.2, 0) is 4.74 Å². The Balaban J connectivity index is 2.07. The van der Waals surface area contributed by atoms with Gasteiger partial charge >= 0.3 is 0 Å². The Hall–Kier alpha value is -2.48. The highest BCUT2D eigenvalue weighted by Crippen LogP contribution is 2.51.